The van der Waals surface area contributed by atoms with Gasteiger partial charge in [-0.15, -0.1) is 0 Å². The number of carbonyl (C=O) groups excluding carboxylic acids is 1. The van der Waals surface area contributed by atoms with Crippen molar-refractivity contribution in [1.29, 1.82) is 0 Å². The van der Waals surface area contributed by atoms with E-state index in [0.717, 1.165) is 5.52 Å². The molecule has 0 radical (unpaired) electrons. The van der Waals surface area contributed by atoms with Crippen molar-refractivity contribution in [2.45, 2.75) is 13.2 Å². The Labute approximate surface area is 141 Å². The summed E-state index contributed by atoms with van der Waals surface area (Å²) in [6, 6.07) is 9.47. The number of fused-ring (bicyclic) bond motifs is 1. The number of carbonyl (C=O) groups is 1. The predicted molar refractivity (Wildman–Crippen MR) is 85.8 cm³/mol. The fourth-order valence-corrected chi connectivity index (χ4v) is 2.08. The fourth-order valence-electron chi connectivity index (χ4n) is 2.08. The predicted octanol–water partition coefficient (Wildman–Crippen LogP) is 3.32. The third kappa shape index (κ3) is 4.60. The second-order valence-electron chi connectivity index (χ2n) is 4.95. The van der Waals surface area contributed by atoms with Gasteiger partial charge in [0.05, 0.1) is 5.52 Å². The Kier molecular flexibility index (Phi) is 4.98. The molecular weight excluding hydrogens is 332 g/mol. The molecule has 3 aromatic rings. The highest BCUT2D eigenvalue weighted by Gasteiger charge is 2.06. The number of pyridine rings is 1. The van der Waals surface area contributed by atoms with E-state index < -0.39 is 12.6 Å². The van der Waals surface area contributed by atoms with E-state index in [0.29, 0.717) is 17.0 Å². The standard InChI is InChI=1S/C17H13F2N3O3/c18-17(19)25-12-6-3-11(4-7-12)5-8-15(23)24-10-14-21-13-2-1-9-20-16(13)22-14/h1-9,17H,10H2,(H,20,21,22)/b8-5+. The Morgan fingerprint density at radius 2 is 2.04 bits per heavy atom. The van der Waals surface area contributed by atoms with Gasteiger partial charge in [0.2, 0.25) is 0 Å². The monoisotopic (exact) mass is 345 g/mol. The number of rotatable bonds is 6. The zero-order valence-corrected chi connectivity index (χ0v) is 12.9. The summed E-state index contributed by atoms with van der Waals surface area (Å²) in [6.07, 6.45) is 4.37. The van der Waals surface area contributed by atoms with Crippen LogP contribution in [0.5, 0.6) is 5.75 Å². The Morgan fingerprint density at radius 1 is 1.24 bits per heavy atom. The van der Waals surface area contributed by atoms with E-state index in [9.17, 15) is 13.6 Å². The maximum Gasteiger partial charge on any atom is 0.387 e. The molecule has 0 unspecified atom stereocenters. The van der Waals surface area contributed by atoms with Gasteiger partial charge in [0, 0.05) is 12.3 Å². The van der Waals surface area contributed by atoms with Crippen molar-refractivity contribution in [3.05, 3.63) is 60.1 Å². The van der Waals surface area contributed by atoms with Gasteiger partial charge in [0.25, 0.3) is 0 Å². The molecule has 0 fully saturated rings. The highest BCUT2D eigenvalue weighted by molar-refractivity contribution is 5.87. The summed E-state index contributed by atoms with van der Waals surface area (Å²) >= 11 is 0. The van der Waals surface area contributed by atoms with Crippen LogP contribution in [0.1, 0.15) is 11.4 Å². The number of benzene rings is 1. The van der Waals surface area contributed by atoms with Crippen LogP contribution >= 0.6 is 0 Å². The molecule has 0 saturated carbocycles. The molecule has 0 amide bonds. The van der Waals surface area contributed by atoms with Gasteiger partial charge in [-0.25, -0.2) is 14.8 Å². The Morgan fingerprint density at radius 3 is 2.76 bits per heavy atom. The number of hydrogen-bond donors (Lipinski definition) is 1. The van der Waals surface area contributed by atoms with Gasteiger partial charge in [0.1, 0.15) is 18.2 Å². The Bertz CT molecular complexity index is 859. The van der Waals surface area contributed by atoms with Crippen molar-refractivity contribution < 1.29 is 23.0 Å². The lowest BCUT2D eigenvalue weighted by molar-refractivity contribution is -0.139. The van der Waals surface area contributed by atoms with Crippen molar-refractivity contribution in [1.82, 2.24) is 15.0 Å². The number of nitrogens with one attached hydrogen (secondary N) is 1. The molecule has 2 heterocycles. The number of nitrogens with zero attached hydrogens (tertiary/aromatic N) is 2. The Balaban J connectivity index is 1.53. The molecule has 2 aromatic heterocycles. The second kappa shape index (κ2) is 7.52. The molecule has 0 aliphatic heterocycles. The smallest absolute Gasteiger partial charge is 0.387 e. The summed E-state index contributed by atoms with van der Waals surface area (Å²) in [5, 5.41) is 0. The third-order valence-corrected chi connectivity index (χ3v) is 3.17. The number of alkyl halides is 2. The van der Waals surface area contributed by atoms with Crippen LogP contribution in [0.15, 0.2) is 48.7 Å². The van der Waals surface area contributed by atoms with E-state index in [4.69, 9.17) is 4.74 Å². The maximum atomic E-state index is 12.1. The van der Waals surface area contributed by atoms with E-state index in [1.165, 1.54) is 24.3 Å². The minimum Gasteiger partial charge on any atom is -0.454 e. The van der Waals surface area contributed by atoms with Crippen molar-refractivity contribution in [2.75, 3.05) is 0 Å². The van der Waals surface area contributed by atoms with Crippen LogP contribution in [-0.4, -0.2) is 27.5 Å². The van der Waals surface area contributed by atoms with Crippen LogP contribution < -0.4 is 4.74 Å². The molecule has 3 rings (SSSR count). The molecule has 128 valence electrons. The zero-order valence-electron chi connectivity index (χ0n) is 12.9. The van der Waals surface area contributed by atoms with Gasteiger partial charge < -0.3 is 14.5 Å². The summed E-state index contributed by atoms with van der Waals surface area (Å²) in [5.74, 6) is -0.0153. The van der Waals surface area contributed by atoms with E-state index in [1.807, 2.05) is 6.07 Å². The quantitative estimate of drug-likeness (QED) is 0.548. The van der Waals surface area contributed by atoms with E-state index in [2.05, 4.69) is 19.7 Å². The third-order valence-electron chi connectivity index (χ3n) is 3.17. The van der Waals surface area contributed by atoms with Crippen LogP contribution in [0.4, 0.5) is 8.78 Å². The van der Waals surface area contributed by atoms with Crippen molar-refractivity contribution in [2.24, 2.45) is 0 Å². The van der Waals surface area contributed by atoms with Gasteiger partial charge in [-0.2, -0.15) is 8.78 Å². The van der Waals surface area contributed by atoms with Gasteiger partial charge in [-0.1, -0.05) is 12.1 Å². The number of esters is 1. The first-order chi connectivity index (χ1) is 12.1. The summed E-state index contributed by atoms with van der Waals surface area (Å²) in [4.78, 5) is 23.0. The molecule has 0 aliphatic rings. The molecule has 25 heavy (non-hydrogen) atoms. The average molecular weight is 345 g/mol. The van der Waals surface area contributed by atoms with Gasteiger partial charge in [0.15, 0.2) is 5.65 Å². The van der Waals surface area contributed by atoms with E-state index >= 15 is 0 Å². The summed E-state index contributed by atoms with van der Waals surface area (Å²) in [6.45, 7) is -2.88. The highest BCUT2D eigenvalue weighted by atomic mass is 19.3. The first-order valence-corrected chi connectivity index (χ1v) is 7.29. The molecule has 1 aromatic carbocycles. The van der Waals surface area contributed by atoms with E-state index in [1.54, 1.807) is 24.4 Å². The highest BCUT2D eigenvalue weighted by Crippen LogP contribution is 2.15. The van der Waals surface area contributed by atoms with Crippen molar-refractivity contribution in [3.63, 3.8) is 0 Å². The molecule has 0 spiro atoms. The number of hydrogen-bond acceptors (Lipinski definition) is 5. The van der Waals surface area contributed by atoms with Crippen LogP contribution in [0.2, 0.25) is 0 Å². The van der Waals surface area contributed by atoms with Crippen LogP contribution in [0, 0.1) is 0 Å². The number of H-pyrrole nitrogens is 1. The van der Waals surface area contributed by atoms with Crippen molar-refractivity contribution in [3.8, 4) is 5.75 Å². The molecule has 0 aliphatic carbocycles. The van der Waals surface area contributed by atoms with Gasteiger partial charge in [-0.05, 0) is 35.9 Å². The number of halogens is 2. The summed E-state index contributed by atoms with van der Waals surface area (Å²) in [7, 11) is 0. The fraction of sp³-hybridized carbons (Fsp3) is 0.118. The number of ether oxygens (including phenoxy) is 2. The largest absolute Gasteiger partial charge is 0.454 e. The first-order valence-electron chi connectivity index (χ1n) is 7.29. The lowest BCUT2D eigenvalue weighted by Crippen LogP contribution is -2.02. The number of aromatic nitrogens is 3. The Hall–Kier alpha value is -3.29. The number of imidazole rings is 1. The van der Waals surface area contributed by atoms with E-state index in [-0.39, 0.29) is 12.4 Å². The average Bonchev–Trinajstić information content (AvgIpc) is 3.02. The molecule has 6 nitrogen and oxygen atoms in total. The number of aromatic amines is 1. The maximum absolute atomic E-state index is 12.1. The summed E-state index contributed by atoms with van der Waals surface area (Å²) in [5.41, 5.74) is 1.96. The minimum absolute atomic E-state index is 0.0132. The minimum atomic E-state index is -2.87. The lowest BCUT2D eigenvalue weighted by atomic mass is 10.2. The van der Waals surface area contributed by atoms with Crippen LogP contribution in [0.25, 0.3) is 17.2 Å². The SMILES string of the molecule is O=C(/C=C/c1ccc(OC(F)F)cc1)OCc1nc2ncccc2[nH]1. The zero-order chi connectivity index (χ0) is 17.6. The molecule has 0 bridgehead atoms. The second-order valence-corrected chi connectivity index (χ2v) is 4.95. The summed E-state index contributed by atoms with van der Waals surface area (Å²) < 4.78 is 33.4. The molecular formula is C17H13F2N3O3. The van der Waals surface area contributed by atoms with Crippen molar-refractivity contribution >= 4 is 23.2 Å². The lowest BCUT2D eigenvalue weighted by Gasteiger charge is -2.03. The van der Waals surface area contributed by atoms with Gasteiger partial charge in [-0.3, -0.25) is 0 Å². The van der Waals surface area contributed by atoms with Gasteiger partial charge >= 0.3 is 12.6 Å². The molecule has 0 saturated heterocycles. The molecule has 8 heteroatoms. The molecule has 0 atom stereocenters. The topological polar surface area (TPSA) is 77.1 Å². The first kappa shape index (κ1) is 16.6. The van der Waals surface area contributed by atoms with Crippen LogP contribution in [0.3, 0.4) is 0 Å². The molecule has 1 N–H and O–H groups in total. The normalized spacial score (nSPS) is 11.3. The van der Waals surface area contributed by atoms with Crippen LogP contribution in [-0.2, 0) is 16.1 Å².